The average Bonchev–Trinajstić information content (AvgIpc) is 3.27. The lowest BCUT2D eigenvalue weighted by molar-refractivity contribution is -0.146. The summed E-state index contributed by atoms with van der Waals surface area (Å²) in [6.07, 6.45) is 2.82. The maximum Gasteiger partial charge on any atom is 0.327 e. The van der Waals surface area contributed by atoms with Crippen molar-refractivity contribution < 1.29 is 17.9 Å². The van der Waals surface area contributed by atoms with E-state index in [9.17, 15) is 13.2 Å². The Hall–Kier alpha value is -1.37. The molecule has 1 unspecified atom stereocenters. The molecule has 5 nitrogen and oxygen atoms in total. The molecule has 0 N–H and O–H groups in total. The number of carbonyl (C=O) groups excluding carboxylic acids is 1. The molecule has 1 aromatic carbocycles. The van der Waals surface area contributed by atoms with E-state index in [2.05, 4.69) is 0 Å². The van der Waals surface area contributed by atoms with Gasteiger partial charge in [-0.05, 0) is 38.3 Å². The first-order valence-electron chi connectivity index (χ1n) is 8.76. The lowest BCUT2D eigenvalue weighted by Crippen LogP contribution is -2.46. The maximum absolute atomic E-state index is 13.0. The zero-order valence-electron chi connectivity index (χ0n) is 14.9. The summed E-state index contributed by atoms with van der Waals surface area (Å²) in [5.74, 6) is -0.400. The van der Waals surface area contributed by atoms with Crippen molar-refractivity contribution in [1.29, 1.82) is 0 Å². The third kappa shape index (κ3) is 2.53. The second kappa shape index (κ2) is 5.81. The standard InChI is InChI=1S/C19H22ClNO4S/c1-13-3-5-16(6-4-13)26(23,24)21-11-14-9-18(7-8-18)19(20,17(22)25-2)10-15(14)12-21/h3-6H,7-12H2,1-2H3. The Morgan fingerprint density at radius 3 is 2.23 bits per heavy atom. The molecule has 3 aliphatic rings. The van der Waals surface area contributed by atoms with Gasteiger partial charge in [-0.1, -0.05) is 28.8 Å². The van der Waals surface area contributed by atoms with Crippen molar-refractivity contribution in [3.8, 4) is 0 Å². The molecule has 4 rings (SSSR count). The van der Waals surface area contributed by atoms with E-state index in [1.54, 1.807) is 24.3 Å². The predicted octanol–water partition coefficient (Wildman–Crippen LogP) is 3.02. The number of aryl methyl sites for hydroxylation is 1. The number of hydrogen-bond donors (Lipinski definition) is 0. The molecule has 1 heterocycles. The van der Waals surface area contributed by atoms with Gasteiger partial charge in [0, 0.05) is 24.9 Å². The monoisotopic (exact) mass is 395 g/mol. The lowest BCUT2D eigenvalue weighted by atomic mass is 9.73. The van der Waals surface area contributed by atoms with Crippen molar-refractivity contribution in [3.63, 3.8) is 0 Å². The van der Waals surface area contributed by atoms with E-state index in [0.717, 1.165) is 29.6 Å². The number of alkyl halides is 1. The Bertz CT molecular complexity index is 902. The highest BCUT2D eigenvalue weighted by Gasteiger charge is 2.66. The topological polar surface area (TPSA) is 63.7 Å². The van der Waals surface area contributed by atoms with E-state index >= 15 is 0 Å². The highest BCUT2D eigenvalue weighted by atomic mass is 35.5. The molecule has 0 amide bonds. The second-order valence-corrected chi connectivity index (χ2v) is 10.3. The molecule has 1 atom stereocenters. The fourth-order valence-electron chi connectivity index (χ4n) is 4.30. The van der Waals surface area contributed by atoms with E-state index in [1.807, 2.05) is 6.92 Å². The van der Waals surface area contributed by atoms with Crippen LogP contribution in [-0.4, -0.2) is 43.8 Å². The molecule has 0 aromatic heterocycles. The number of sulfonamides is 1. The predicted molar refractivity (Wildman–Crippen MR) is 98.5 cm³/mol. The Morgan fingerprint density at radius 1 is 1.12 bits per heavy atom. The summed E-state index contributed by atoms with van der Waals surface area (Å²) >= 11 is 6.77. The summed E-state index contributed by atoms with van der Waals surface area (Å²) in [5, 5.41) is 0. The molecule has 26 heavy (non-hydrogen) atoms. The zero-order chi connectivity index (χ0) is 18.7. The summed E-state index contributed by atoms with van der Waals surface area (Å²) in [6, 6.07) is 6.89. The van der Waals surface area contributed by atoms with E-state index in [0.29, 0.717) is 30.8 Å². The van der Waals surface area contributed by atoms with Crippen LogP contribution in [0.2, 0.25) is 0 Å². The van der Waals surface area contributed by atoms with Crippen LogP contribution in [0.25, 0.3) is 0 Å². The molecule has 1 spiro atoms. The Kier molecular flexibility index (Phi) is 4.03. The SMILES string of the molecule is COC(=O)C1(Cl)CC2=C(CN(S(=O)(=O)c3ccc(C)cc3)C2)CC12CC2. The van der Waals surface area contributed by atoms with Crippen LogP contribution in [-0.2, 0) is 19.6 Å². The van der Waals surface area contributed by atoms with Crippen LogP contribution in [0.3, 0.4) is 0 Å². The fourth-order valence-corrected chi connectivity index (χ4v) is 6.22. The molecular formula is C19H22ClNO4S. The maximum atomic E-state index is 13.0. The quantitative estimate of drug-likeness (QED) is 0.448. The number of hydrogen-bond acceptors (Lipinski definition) is 4. The number of nitrogens with zero attached hydrogens (tertiary/aromatic N) is 1. The zero-order valence-corrected chi connectivity index (χ0v) is 16.5. The summed E-state index contributed by atoms with van der Waals surface area (Å²) < 4.78 is 32.4. The van der Waals surface area contributed by atoms with Crippen LogP contribution in [0.4, 0.5) is 0 Å². The Morgan fingerprint density at radius 2 is 1.69 bits per heavy atom. The third-order valence-corrected chi connectivity index (χ3v) is 8.60. The molecule has 1 fully saturated rings. The van der Waals surface area contributed by atoms with Crippen LogP contribution in [0.5, 0.6) is 0 Å². The van der Waals surface area contributed by atoms with Crippen molar-refractivity contribution in [3.05, 3.63) is 41.0 Å². The second-order valence-electron chi connectivity index (χ2n) is 7.72. The minimum absolute atomic E-state index is 0.274. The molecule has 7 heteroatoms. The van der Waals surface area contributed by atoms with Gasteiger partial charge >= 0.3 is 5.97 Å². The largest absolute Gasteiger partial charge is 0.468 e. The first-order chi connectivity index (χ1) is 12.2. The minimum Gasteiger partial charge on any atom is -0.468 e. The van der Waals surface area contributed by atoms with Crippen molar-refractivity contribution in [2.75, 3.05) is 20.2 Å². The molecule has 0 saturated heterocycles. The fraction of sp³-hybridized carbons (Fsp3) is 0.526. The first kappa shape index (κ1) is 18.0. The number of carbonyl (C=O) groups is 1. The van der Waals surface area contributed by atoms with Crippen molar-refractivity contribution in [2.24, 2.45) is 5.41 Å². The number of halogens is 1. The molecule has 0 bridgehead atoms. The molecule has 2 aliphatic carbocycles. The van der Waals surface area contributed by atoms with Gasteiger partial charge in [-0.3, -0.25) is 4.79 Å². The van der Waals surface area contributed by atoms with Gasteiger partial charge in [0.15, 0.2) is 4.87 Å². The Balaban J connectivity index is 1.61. The van der Waals surface area contributed by atoms with E-state index in [4.69, 9.17) is 16.3 Å². The van der Waals surface area contributed by atoms with Crippen molar-refractivity contribution in [1.82, 2.24) is 4.31 Å². The van der Waals surface area contributed by atoms with Gasteiger partial charge < -0.3 is 4.74 Å². The van der Waals surface area contributed by atoms with Crippen LogP contribution < -0.4 is 0 Å². The number of benzene rings is 1. The average molecular weight is 396 g/mol. The van der Waals surface area contributed by atoms with Crippen LogP contribution in [0, 0.1) is 12.3 Å². The molecular weight excluding hydrogens is 374 g/mol. The molecule has 0 radical (unpaired) electrons. The van der Waals surface area contributed by atoms with Crippen LogP contribution >= 0.6 is 11.6 Å². The summed E-state index contributed by atoms with van der Waals surface area (Å²) in [4.78, 5) is 11.6. The number of ether oxygens (including phenoxy) is 1. The number of methoxy groups -OCH3 is 1. The first-order valence-corrected chi connectivity index (χ1v) is 10.6. The van der Waals surface area contributed by atoms with Crippen LogP contribution in [0.15, 0.2) is 40.3 Å². The van der Waals surface area contributed by atoms with E-state index in [1.165, 1.54) is 11.4 Å². The molecule has 1 aromatic rings. The van der Waals surface area contributed by atoms with Crippen molar-refractivity contribution in [2.45, 2.75) is 42.4 Å². The van der Waals surface area contributed by atoms with Crippen LogP contribution in [0.1, 0.15) is 31.2 Å². The van der Waals surface area contributed by atoms with Gasteiger partial charge in [0.2, 0.25) is 10.0 Å². The minimum atomic E-state index is -3.56. The Labute approximate surface area is 159 Å². The van der Waals surface area contributed by atoms with Crippen molar-refractivity contribution >= 4 is 27.6 Å². The highest BCUT2D eigenvalue weighted by molar-refractivity contribution is 7.89. The normalized spacial score (nSPS) is 27.5. The molecule has 140 valence electrons. The number of rotatable bonds is 3. The van der Waals surface area contributed by atoms with Gasteiger partial charge in [0.25, 0.3) is 0 Å². The van der Waals surface area contributed by atoms with Gasteiger partial charge in [-0.25, -0.2) is 8.42 Å². The lowest BCUT2D eigenvalue weighted by Gasteiger charge is -2.38. The van der Waals surface area contributed by atoms with Gasteiger partial charge in [0.05, 0.1) is 12.0 Å². The summed E-state index contributed by atoms with van der Waals surface area (Å²) in [7, 11) is -2.20. The highest BCUT2D eigenvalue weighted by Crippen LogP contribution is 2.66. The van der Waals surface area contributed by atoms with Gasteiger partial charge in [0.1, 0.15) is 0 Å². The van der Waals surface area contributed by atoms with Gasteiger partial charge in [-0.15, -0.1) is 11.6 Å². The smallest absolute Gasteiger partial charge is 0.327 e. The summed E-state index contributed by atoms with van der Waals surface area (Å²) in [5.41, 5.74) is 2.84. The molecule has 1 aliphatic heterocycles. The third-order valence-electron chi connectivity index (χ3n) is 6.11. The van der Waals surface area contributed by atoms with E-state index in [-0.39, 0.29) is 5.41 Å². The number of esters is 1. The molecule has 1 saturated carbocycles. The van der Waals surface area contributed by atoms with Gasteiger partial charge in [-0.2, -0.15) is 4.31 Å². The summed E-state index contributed by atoms with van der Waals surface area (Å²) in [6.45, 7) is 2.61. The van der Waals surface area contributed by atoms with E-state index < -0.39 is 20.9 Å².